The van der Waals surface area contributed by atoms with Crippen LogP contribution in [-0.4, -0.2) is 29.3 Å². The van der Waals surface area contributed by atoms with Crippen LogP contribution in [0.5, 0.6) is 11.5 Å². The van der Waals surface area contributed by atoms with Crippen LogP contribution in [0.3, 0.4) is 0 Å². The van der Waals surface area contributed by atoms with Crippen molar-refractivity contribution in [3.05, 3.63) is 155 Å². The Labute approximate surface area is 276 Å². The molecule has 0 unspecified atom stereocenters. The summed E-state index contributed by atoms with van der Waals surface area (Å²) in [5, 5.41) is 23.6. The summed E-state index contributed by atoms with van der Waals surface area (Å²) in [7, 11) is 0. The number of hydrogen-bond acceptors (Lipinski definition) is 4. The van der Waals surface area contributed by atoms with Crippen molar-refractivity contribution in [2.24, 2.45) is 0 Å². The fourth-order valence-electron chi connectivity index (χ4n) is 6.59. The number of benzene rings is 4. The maximum atomic E-state index is 11.8. The topological polar surface area (TPSA) is 76.1 Å². The minimum absolute atomic E-state index is 0. The average Bonchev–Trinajstić information content (AvgIpc) is 3.65. The van der Waals surface area contributed by atoms with E-state index in [1.807, 2.05) is 72.8 Å². The first-order chi connectivity index (χ1) is 21.1. The molecule has 1 aliphatic heterocycles. The minimum Gasteiger partial charge on any atom is -0.507 e. The molecular weight excluding hydrogens is 610 g/mol. The van der Waals surface area contributed by atoms with Crippen LogP contribution in [-0.2, 0) is 43.1 Å². The Hall–Kier alpha value is -4.48. The van der Waals surface area contributed by atoms with E-state index >= 15 is 0 Å². The maximum Gasteiger partial charge on any atom is 0.123 e. The van der Waals surface area contributed by atoms with Gasteiger partial charge in [0.15, 0.2) is 0 Å². The molecule has 0 aliphatic carbocycles. The number of hydrogen-bond donors (Lipinski definition) is 2. The largest absolute Gasteiger partial charge is 0.507 e. The maximum absolute atomic E-state index is 11.8. The molecule has 2 N–H and O–H groups in total. The van der Waals surface area contributed by atoms with Crippen molar-refractivity contribution in [3.8, 4) is 22.9 Å². The molecule has 4 aromatic carbocycles. The Bertz CT molecular complexity index is 1850. The first-order valence-electron chi connectivity index (χ1n) is 15.1. The third-order valence-electron chi connectivity index (χ3n) is 9.03. The Kier molecular flexibility index (Phi) is 7.78. The third-order valence-corrected chi connectivity index (χ3v) is 9.03. The van der Waals surface area contributed by atoms with Gasteiger partial charge in [0.2, 0.25) is 0 Å². The average molecular weight is 646 g/mol. The summed E-state index contributed by atoms with van der Waals surface area (Å²) in [6.45, 7) is 8.40. The molecule has 6 nitrogen and oxygen atoms in total. The molecule has 7 rings (SSSR count). The summed E-state index contributed by atoms with van der Waals surface area (Å²) in [5.41, 5.74) is 5.53. The number of rotatable bonds is 2. The molecule has 0 spiro atoms. The standard InChI is InChI=1S/C38H36N4O2.Zn/c1-37(2)31-19-11-13-25(33(31)43)21-28-24-42(30-17-9-6-10-18-30)36(40-28)38(3,4)32-20-12-14-26(34(32)44)22-27-23-41(35(37)39-27)29-15-7-5-8-16-29;/h5-20,23-24,43-44H,21-22H2,1-4H3;. The summed E-state index contributed by atoms with van der Waals surface area (Å²) in [4.78, 5) is 10.4. The molecular formula is C38H36N4O2Zn. The molecule has 0 radical (unpaired) electrons. The smallest absolute Gasteiger partial charge is 0.123 e. The zero-order valence-electron chi connectivity index (χ0n) is 26.2. The molecule has 2 aromatic heterocycles. The molecule has 0 saturated heterocycles. The van der Waals surface area contributed by atoms with Gasteiger partial charge >= 0.3 is 0 Å². The van der Waals surface area contributed by atoms with Crippen molar-refractivity contribution < 1.29 is 29.7 Å². The SMILES string of the molecule is CC1(C)c2cccc(c2O)Cc2cn(-c3ccccc3)c(n2)C(C)(C)c2cccc(c2O)Cc2cn(-c3ccccc3)c1n2.[Zn]. The second kappa shape index (κ2) is 11.5. The van der Waals surface area contributed by atoms with Gasteiger partial charge in [0.25, 0.3) is 0 Å². The quantitative estimate of drug-likeness (QED) is 0.190. The van der Waals surface area contributed by atoms with Crippen LogP contribution >= 0.6 is 0 Å². The molecule has 6 aromatic rings. The molecule has 45 heavy (non-hydrogen) atoms. The monoisotopic (exact) mass is 644 g/mol. The van der Waals surface area contributed by atoms with Gasteiger partial charge in [-0.1, -0.05) is 72.8 Å². The van der Waals surface area contributed by atoms with Crippen LogP contribution in [0.15, 0.2) is 109 Å². The molecule has 222 valence electrons. The van der Waals surface area contributed by atoms with Crippen LogP contribution in [0.2, 0.25) is 0 Å². The summed E-state index contributed by atoms with van der Waals surface area (Å²) < 4.78 is 4.22. The van der Waals surface area contributed by atoms with Crippen molar-refractivity contribution in [3.63, 3.8) is 0 Å². The number of aromatic nitrogens is 4. The van der Waals surface area contributed by atoms with Crippen LogP contribution in [0.25, 0.3) is 11.4 Å². The van der Waals surface area contributed by atoms with E-state index in [4.69, 9.17) is 9.97 Å². The van der Waals surface area contributed by atoms with Crippen molar-refractivity contribution in [2.45, 2.75) is 51.4 Å². The van der Waals surface area contributed by atoms with E-state index < -0.39 is 10.8 Å². The van der Waals surface area contributed by atoms with Gasteiger partial charge in [-0.3, -0.25) is 0 Å². The van der Waals surface area contributed by atoms with Crippen molar-refractivity contribution in [1.29, 1.82) is 0 Å². The van der Waals surface area contributed by atoms with Gasteiger partial charge < -0.3 is 19.3 Å². The fraction of sp³-hybridized carbons (Fsp3) is 0.211. The van der Waals surface area contributed by atoms with Crippen LogP contribution in [0.4, 0.5) is 0 Å². The zero-order chi connectivity index (χ0) is 30.6. The number of para-hydroxylation sites is 4. The van der Waals surface area contributed by atoms with Gasteiger partial charge in [-0.05, 0) is 52.0 Å². The minimum atomic E-state index is -0.647. The number of phenolic OH excluding ortho intramolecular Hbond substituents is 2. The molecule has 0 amide bonds. The molecule has 0 atom stereocenters. The van der Waals surface area contributed by atoms with Gasteiger partial charge in [-0.15, -0.1) is 0 Å². The molecule has 3 heterocycles. The molecule has 0 fully saturated rings. The predicted molar refractivity (Wildman–Crippen MR) is 173 cm³/mol. The van der Waals surface area contributed by atoms with E-state index in [2.05, 4.69) is 73.5 Å². The van der Waals surface area contributed by atoms with E-state index in [1.54, 1.807) is 0 Å². The Morgan fingerprint density at radius 2 is 0.911 bits per heavy atom. The third kappa shape index (κ3) is 5.19. The number of nitrogens with zero attached hydrogens (tertiary/aromatic N) is 4. The van der Waals surface area contributed by atoms with Crippen molar-refractivity contribution in [2.75, 3.05) is 0 Å². The Balaban J connectivity index is 0.00000357. The predicted octanol–water partition coefficient (Wildman–Crippen LogP) is 7.61. The molecule has 0 saturated carbocycles. The Morgan fingerprint density at radius 1 is 0.533 bits per heavy atom. The van der Waals surface area contributed by atoms with Gasteiger partial charge in [0.05, 0.1) is 22.2 Å². The van der Waals surface area contributed by atoms with E-state index in [0.717, 1.165) is 56.7 Å². The second-order valence-electron chi connectivity index (χ2n) is 12.8. The number of phenols is 2. The molecule has 8 bridgehead atoms. The van der Waals surface area contributed by atoms with Gasteiger partial charge in [-0.2, -0.15) is 0 Å². The normalized spacial score (nSPS) is 14.8. The molecule has 7 heteroatoms. The summed E-state index contributed by atoms with van der Waals surface area (Å²) >= 11 is 0. The van der Waals surface area contributed by atoms with Crippen molar-refractivity contribution in [1.82, 2.24) is 19.1 Å². The van der Waals surface area contributed by atoms with E-state index in [9.17, 15) is 10.2 Å². The van der Waals surface area contributed by atoms with Gasteiger partial charge in [0, 0.05) is 78.3 Å². The number of fused-ring (bicyclic) bond motifs is 8. The first kappa shape index (κ1) is 30.5. The second-order valence-corrected chi connectivity index (χ2v) is 12.8. The van der Waals surface area contributed by atoms with E-state index in [-0.39, 0.29) is 31.0 Å². The first-order valence-corrected chi connectivity index (χ1v) is 15.1. The van der Waals surface area contributed by atoms with Gasteiger partial charge in [-0.25, -0.2) is 9.97 Å². The van der Waals surface area contributed by atoms with Crippen LogP contribution in [0.1, 0.15) is 73.0 Å². The summed E-state index contributed by atoms with van der Waals surface area (Å²) in [6.07, 6.45) is 5.00. The number of aromatic hydroxyl groups is 2. The number of imidazole rings is 2. The van der Waals surface area contributed by atoms with Crippen LogP contribution in [0, 0.1) is 0 Å². The van der Waals surface area contributed by atoms with E-state index in [0.29, 0.717) is 12.8 Å². The summed E-state index contributed by atoms with van der Waals surface area (Å²) in [6, 6.07) is 32.2. The zero-order valence-corrected chi connectivity index (χ0v) is 29.2. The molecule has 1 aliphatic rings. The van der Waals surface area contributed by atoms with Gasteiger partial charge in [0.1, 0.15) is 23.1 Å². The fourth-order valence-corrected chi connectivity index (χ4v) is 6.59. The summed E-state index contributed by atoms with van der Waals surface area (Å²) in [5.74, 6) is 2.13. The van der Waals surface area contributed by atoms with Crippen LogP contribution < -0.4 is 0 Å². The van der Waals surface area contributed by atoms with E-state index in [1.165, 1.54) is 0 Å². The Morgan fingerprint density at radius 3 is 1.29 bits per heavy atom. The van der Waals surface area contributed by atoms with Crippen molar-refractivity contribution >= 4 is 0 Å².